The number of amides is 1. The van der Waals surface area contributed by atoms with Gasteiger partial charge in [-0.1, -0.05) is 6.07 Å². The number of benzene rings is 2. The Labute approximate surface area is 119 Å². The van der Waals surface area contributed by atoms with E-state index in [-0.39, 0.29) is 16.8 Å². The van der Waals surface area contributed by atoms with Gasteiger partial charge in [0.05, 0.1) is 10.5 Å². The number of nitro benzene ring substituents is 1. The number of anilines is 1. The number of non-ortho nitro benzene ring substituents is 1. The van der Waals surface area contributed by atoms with Gasteiger partial charge in [0.2, 0.25) is 0 Å². The van der Waals surface area contributed by atoms with Crippen molar-refractivity contribution < 1.29 is 19.6 Å². The van der Waals surface area contributed by atoms with Crippen molar-refractivity contribution in [1.82, 2.24) is 0 Å². The Balaban J connectivity index is 2.16. The Bertz CT molecular complexity index is 710. The molecule has 0 heterocycles. The maximum atomic E-state index is 12.0. The summed E-state index contributed by atoms with van der Waals surface area (Å²) in [5.74, 6) is -1.62. The molecule has 0 bridgehead atoms. The summed E-state index contributed by atoms with van der Waals surface area (Å²) in [4.78, 5) is 32.8. The molecule has 7 nitrogen and oxygen atoms in total. The van der Waals surface area contributed by atoms with Gasteiger partial charge in [-0.25, -0.2) is 4.79 Å². The summed E-state index contributed by atoms with van der Waals surface area (Å²) in [6.07, 6.45) is 0. The zero-order chi connectivity index (χ0) is 15.4. The standard InChI is InChI=1S/C14H10N2O5/c17-13(9-2-1-3-10(8-9)14(18)19)15-11-4-6-12(7-5-11)16(20)21/h1-8H,(H,15,17)(H,18,19). The molecule has 0 unspecified atom stereocenters. The first-order chi connectivity index (χ1) is 9.97. The van der Waals surface area contributed by atoms with Crippen LogP contribution in [0.2, 0.25) is 0 Å². The van der Waals surface area contributed by atoms with E-state index in [9.17, 15) is 19.7 Å². The average molecular weight is 286 g/mol. The van der Waals surface area contributed by atoms with Crippen LogP contribution in [-0.4, -0.2) is 21.9 Å². The van der Waals surface area contributed by atoms with E-state index in [1.165, 1.54) is 48.5 Å². The van der Waals surface area contributed by atoms with Gasteiger partial charge in [0.1, 0.15) is 0 Å². The van der Waals surface area contributed by atoms with Gasteiger partial charge in [0.25, 0.3) is 11.6 Å². The molecule has 0 spiro atoms. The summed E-state index contributed by atoms with van der Waals surface area (Å²) in [5, 5.41) is 21.9. The summed E-state index contributed by atoms with van der Waals surface area (Å²) in [6, 6.07) is 10.9. The van der Waals surface area contributed by atoms with Crippen LogP contribution in [0.4, 0.5) is 11.4 Å². The normalized spacial score (nSPS) is 9.90. The lowest BCUT2D eigenvalue weighted by Crippen LogP contribution is -2.12. The highest BCUT2D eigenvalue weighted by Gasteiger charge is 2.10. The molecule has 106 valence electrons. The molecule has 2 N–H and O–H groups in total. The highest BCUT2D eigenvalue weighted by atomic mass is 16.6. The molecular formula is C14H10N2O5. The second-order valence-electron chi connectivity index (χ2n) is 4.14. The molecule has 1 amide bonds. The number of carbonyl (C=O) groups excluding carboxylic acids is 1. The summed E-state index contributed by atoms with van der Waals surface area (Å²) < 4.78 is 0. The van der Waals surface area contributed by atoms with Gasteiger partial charge in [-0.3, -0.25) is 14.9 Å². The van der Waals surface area contributed by atoms with Crippen molar-refractivity contribution in [2.24, 2.45) is 0 Å². The number of rotatable bonds is 4. The van der Waals surface area contributed by atoms with Crippen LogP contribution in [0.1, 0.15) is 20.7 Å². The van der Waals surface area contributed by atoms with E-state index in [2.05, 4.69) is 5.32 Å². The number of hydrogen-bond acceptors (Lipinski definition) is 4. The summed E-state index contributed by atoms with van der Waals surface area (Å²) in [6.45, 7) is 0. The van der Waals surface area contributed by atoms with Crippen molar-refractivity contribution in [2.45, 2.75) is 0 Å². The molecule has 0 saturated carbocycles. The molecule has 0 radical (unpaired) electrons. The number of aromatic carboxylic acids is 1. The highest BCUT2D eigenvalue weighted by molar-refractivity contribution is 6.05. The topological polar surface area (TPSA) is 110 Å². The van der Waals surface area contributed by atoms with Gasteiger partial charge in [-0.2, -0.15) is 0 Å². The molecule has 2 aromatic rings. The summed E-state index contributed by atoms with van der Waals surface area (Å²) in [5.41, 5.74) is 0.492. The van der Waals surface area contributed by atoms with Gasteiger partial charge in [0, 0.05) is 23.4 Å². The first-order valence-electron chi connectivity index (χ1n) is 5.86. The van der Waals surface area contributed by atoms with Gasteiger partial charge in [-0.15, -0.1) is 0 Å². The highest BCUT2D eigenvalue weighted by Crippen LogP contribution is 2.16. The van der Waals surface area contributed by atoms with Crippen molar-refractivity contribution in [1.29, 1.82) is 0 Å². The van der Waals surface area contributed by atoms with Crippen molar-refractivity contribution in [3.8, 4) is 0 Å². The predicted molar refractivity (Wildman–Crippen MR) is 74.5 cm³/mol. The zero-order valence-corrected chi connectivity index (χ0v) is 10.6. The van der Waals surface area contributed by atoms with Crippen LogP contribution in [0.3, 0.4) is 0 Å². The number of nitrogens with zero attached hydrogens (tertiary/aromatic N) is 1. The lowest BCUT2D eigenvalue weighted by molar-refractivity contribution is -0.384. The quantitative estimate of drug-likeness (QED) is 0.663. The Morgan fingerprint density at radius 2 is 1.67 bits per heavy atom. The molecule has 0 aromatic heterocycles. The molecule has 0 aliphatic rings. The Morgan fingerprint density at radius 1 is 1.05 bits per heavy atom. The second-order valence-corrected chi connectivity index (χ2v) is 4.14. The molecule has 2 aromatic carbocycles. The van der Waals surface area contributed by atoms with Gasteiger partial charge >= 0.3 is 5.97 Å². The van der Waals surface area contributed by atoms with Crippen LogP contribution in [0, 0.1) is 10.1 Å². The molecule has 0 atom stereocenters. The lowest BCUT2D eigenvalue weighted by Gasteiger charge is -2.05. The number of carboxylic acids is 1. The van der Waals surface area contributed by atoms with E-state index >= 15 is 0 Å². The predicted octanol–water partition coefficient (Wildman–Crippen LogP) is 2.55. The van der Waals surface area contributed by atoms with Gasteiger partial charge < -0.3 is 10.4 Å². The molecule has 0 aliphatic heterocycles. The molecule has 2 rings (SSSR count). The molecule has 0 aliphatic carbocycles. The molecule has 0 fully saturated rings. The van der Waals surface area contributed by atoms with Crippen molar-refractivity contribution in [3.05, 3.63) is 69.8 Å². The average Bonchev–Trinajstić information content (AvgIpc) is 2.48. The first-order valence-corrected chi connectivity index (χ1v) is 5.86. The molecule has 7 heteroatoms. The molecule has 0 saturated heterocycles. The third-order valence-corrected chi connectivity index (χ3v) is 2.71. The van der Waals surface area contributed by atoms with Crippen LogP contribution < -0.4 is 5.32 Å². The maximum Gasteiger partial charge on any atom is 0.335 e. The molecule has 21 heavy (non-hydrogen) atoms. The van der Waals surface area contributed by atoms with E-state index in [4.69, 9.17) is 5.11 Å². The summed E-state index contributed by atoms with van der Waals surface area (Å²) in [7, 11) is 0. The SMILES string of the molecule is O=C(O)c1cccc(C(=O)Nc2ccc([N+](=O)[O-])cc2)c1. The fourth-order valence-electron chi connectivity index (χ4n) is 1.66. The van der Waals surface area contributed by atoms with Gasteiger partial charge in [0.15, 0.2) is 0 Å². The number of carbonyl (C=O) groups is 2. The smallest absolute Gasteiger partial charge is 0.335 e. The fourth-order valence-corrected chi connectivity index (χ4v) is 1.66. The minimum Gasteiger partial charge on any atom is -0.478 e. The van der Waals surface area contributed by atoms with E-state index in [1.807, 2.05) is 0 Å². The minimum absolute atomic E-state index is 0.00588. The third kappa shape index (κ3) is 3.41. The number of nitro groups is 1. The Morgan fingerprint density at radius 3 is 2.24 bits per heavy atom. The van der Waals surface area contributed by atoms with Crippen LogP contribution in [0.25, 0.3) is 0 Å². The van der Waals surface area contributed by atoms with Crippen LogP contribution in [-0.2, 0) is 0 Å². The van der Waals surface area contributed by atoms with E-state index in [0.29, 0.717) is 5.69 Å². The Kier molecular flexibility index (Phi) is 3.94. The lowest BCUT2D eigenvalue weighted by atomic mass is 10.1. The summed E-state index contributed by atoms with van der Waals surface area (Å²) >= 11 is 0. The molecular weight excluding hydrogens is 276 g/mol. The largest absolute Gasteiger partial charge is 0.478 e. The minimum atomic E-state index is -1.13. The third-order valence-electron chi connectivity index (χ3n) is 2.71. The van der Waals surface area contributed by atoms with Crippen molar-refractivity contribution >= 4 is 23.3 Å². The fraction of sp³-hybridized carbons (Fsp3) is 0. The van der Waals surface area contributed by atoms with Crippen molar-refractivity contribution in [2.75, 3.05) is 5.32 Å². The van der Waals surface area contributed by atoms with Crippen LogP contribution in [0.15, 0.2) is 48.5 Å². The van der Waals surface area contributed by atoms with Crippen LogP contribution >= 0.6 is 0 Å². The number of nitrogens with one attached hydrogen (secondary N) is 1. The first kappa shape index (κ1) is 14.2. The second kappa shape index (κ2) is 5.83. The zero-order valence-electron chi connectivity index (χ0n) is 10.6. The van der Waals surface area contributed by atoms with E-state index in [0.717, 1.165) is 0 Å². The monoisotopic (exact) mass is 286 g/mol. The number of carboxylic acid groups (broad SMARTS) is 1. The van der Waals surface area contributed by atoms with E-state index in [1.54, 1.807) is 0 Å². The van der Waals surface area contributed by atoms with E-state index < -0.39 is 16.8 Å². The number of hydrogen-bond donors (Lipinski definition) is 2. The van der Waals surface area contributed by atoms with Crippen molar-refractivity contribution in [3.63, 3.8) is 0 Å². The van der Waals surface area contributed by atoms with Gasteiger partial charge in [-0.05, 0) is 30.3 Å². The van der Waals surface area contributed by atoms with Crippen LogP contribution in [0.5, 0.6) is 0 Å². The maximum absolute atomic E-state index is 12.0. The Hall–Kier alpha value is -3.22.